The Hall–Kier alpha value is -1.08. The summed E-state index contributed by atoms with van der Waals surface area (Å²) in [7, 11) is 0. The summed E-state index contributed by atoms with van der Waals surface area (Å²) in [6, 6.07) is 8.30. The van der Waals surface area contributed by atoms with Gasteiger partial charge in [0.15, 0.2) is 0 Å². The van der Waals surface area contributed by atoms with Crippen molar-refractivity contribution in [3.05, 3.63) is 42.0 Å². The zero-order valence-corrected chi connectivity index (χ0v) is 7.67. The molecule has 0 bridgehead atoms. The number of hydrogen-bond acceptors (Lipinski definition) is 1. The van der Waals surface area contributed by atoms with Crippen LogP contribution >= 0.6 is 0 Å². The Bertz CT molecular complexity index is 287. The Kier molecular flexibility index (Phi) is 2.66. The Balaban J connectivity index is 3.04. The molecule has 1 atom stereocenters. The van der Waals surface area contributed by atoms with Crippen molar-refractivity contribution in [3.8, 4) is 0 Å². The van der Waals surface area contributed by atoms with Crippen molar-refractivity contribution in [2.75, 3.05) is 0 Å². The maximum atomic E-state index is 5.75. The lowest BCUT2D eigenvalue weighted by atomic mass is 10.0. The van der Waals surface area contributed by atoms with Crippen molar-refractivity contribution in [2.24, 2.45) is 5.73 Å². The van der Waals surface area contributed by atoms with E-state index in [-0.39, 0.29) is 6.04 Å². The van der Waals surface area contributed by atoms with Gasteiger partial charge in [0.05, 0.1) is 0 Å². The Morgan fingerprint density at radius 2 is 2.17 bits per heavy atom. The standard InChI is InChI=1S/C11H15N/c1-8(2)10-5-4-6-11(7-10)9(3)12/h4-7,9H,1,12H2,2-3H3. The quantitative estimate of drug-likeness (QED) is 0.709. The maximum Gasteiger partial charge on any atom is 0.0266 e. The first-order valence-electron chi connectivity index (χ1n) is 4.12. The van der Waals surface area contributed by atoms with Crippen molar-refractivity contribution >= 4 is 5.57 Å². The molecule has 0 radical (unpaired) electrons. The maximum absolute atomic E-state index is 5.75. The highest BCUT2D eigenvalue weighted by Gasteiger charge is 1.99. The lowest BCUT2D eigenvalue weighted by Gasteiger charge is -2.07. The molecule has 0 heterocycles. The van der Waals surface area contributed by atoms with Gasteiger partial charge in [0.2, 0.25) is 0 Å². The number of allylic oxidation sites excluding steroid dienone is 1. The van der Waals surface area contributed by atoms with E-state index in [1.54, 1.807) is 0 Å². The van der Waals surface area contributed by atoms with Crippen LogP contribution in [0.5, 0.6) is 0 Å². The van der Waals surface area contributed by atoms with E-state index in [0.29, 0.717) is 0 Å². The van der Waals surface area contributed by atoms with Gasteiger partial charge in [0.25, 0.3) is 0 Å². The lowest BCUT2D eigenvalue weighted by Crippen LogP contribution is -2.04. The summed E-state index contributed by atoms with van der Waals surface area (Å²) in [5, 5.41) is 0. The Morgan fingerprint density at radius 3 is 2.67 bits per heavy atom. The van der Waals surface area contributed by atoms with E-state index in [2.05, 4.69) is 12.6 Å². The fourth-order valence-corrected chi connectivity index (χ4v) is 1.09. The molecule has 1 rings (SSSR count). The second kappa shape index (κ2) is 3.55. The van der Waals surface area contributed by atoms with Gasteiger partial charge in [-0.05, 0) is 31.0 Å². The number of benzene rings is 1. The van der Waals surface area contributed by atoms with Crippen LogP contribution in [0.25, 0.3) is 5.57 Å². The van der Waals surface area contributed by atoms with Crippen LogP contribution in [0, 0.1) is 0 Å². The molecule has 64 valence electrons. The van der Waals surface area contributed by atoms with Crippen LogP contribution in [0.3, 0.4) is 0 Å². The fraction of sp³-hybridized carbons (Fsp3) is 0.273. The van der Waals surface area contributed by atoms with Gasteiger partial charge in [0, 0.05) is 6.04 Å². The molecule has 1 unspecified atom stereocenters. The highest BCUT2D eigenvalue weighted by Crippen LogP contribution is 2.16. The minimum Gasteiger partial charge on any atom is -0.324 e. The monoisotopic (exact) mass is 161 g/mol. The average Bonchev–Trinajstić information content (AvgIpc) is 2.04. The van der Waals surface area contributed by atoms with Crippen molar-refractivity contribution in [3.63, 3.8) is 0 Å². The number of nitrogens with two attached hydrogens (primary N) is 1. The molecule has 12 heavy (non-hydrogen) atoms. The van der Waals surface area contributed by atoms with Crippen LogP contribution in [0.1, 0.15) is 31.0 Å². The molecule has 0 aliphatic rings. The lowest BCUT2D eigenvalue weighted by molar-refractivity contribution is 0.818. The number of hydrogen-bond donors (Lipinski definition) is 1. The van der Waals surface area contributed by atoms with Crippen molar-refractivity contribution in [1.82, 2.24) is 0 Å². The van der Waals surface area contributed by atoms with Crippen molar-refractivity contribution < 1.29 is 0 Å². The van der Waals surface area contributed by atoms with E-state index >= 15 is 0 Å². The fourth-order valence-electron chi connectivity index (χ4n) is 1.09. The van der Waals surface area contributed by atoms with Gasteiger partial charge < -0.3 is 5.73 Å². The molecule has 0 amide bonds. The summed E-state index contributed by atoms with van der Waals surface area (Å²) in [4.78, 5) is 0. The summed E-state index contributed by atoms with van der Waals surface area (Å²) in [6.45, 7) is 7.87. The minimum atomic E-state index is 0.101. The zero-order chi connectivity index (χ0) is 9.14. The molecule has 1 heteroatoms. The summed E-state index contributed by atoms with van der Waals surface area (Å²) in [5.74, 6) is 0. The molecule has 0 fully saturated rings. The summed E-state index contributed by atoms with van der Waals surface area (Å²) in [5.41, 5.74) is 9.17. The Labute approximate surface area is 73.9 Å². The van der Waals surface area contributed by atoms with E-state index in [1.165, 1.54) is 5.56 Å². The van der Waals surface area contributed by atoms with E-state index in [1.807, 2.05) is 32.0 Å². The third kappa shape index (κ3) is 1.95. The predicted octanol–water partition coefficient (Wildman–Crippen LogP) is 2.74. The second-order valence-corrected chi connectivity index (χ2v) is 3.19. The molecule has 1 nitrogen and oxygen atoms in total. The largest absolute Gasteiger partial charge is 0.324 e. The van der Waals surface area contributed by atoms with Crippen LogP contribution in [-0.4, -0.2) is 0 Å². The minimum absolute atomic E-state index is 0.101. The Morgan fingerprint density at radius 1 is 1.50 bits per heavy atom. The van der Waals surface area contributed by atoms with Gasteiger partial charge in [0.1, 0.15) is 0 Å². The molecule has 0 aliphatic carbocycles. The molecule has 0 saturated carbocycles. The first kappa shape index (κ1) is 9.01. The smallest absolute Gasteiger partial charge is 0.0266 e. The highest BCUT2D eigenvalue weighted by molar-refractivity contribution is 5.61. The topological polar surface area (TPSA) is 26.0 Å². The molecule has 0 aliphatic heterocycles. The molecule has 2 N–H and O–H groups in total. The average molecular weight is 161 g/mol. The SMILES string of the molecule is C=C(C)c1cccc(C(C)N)c1. The van der Waals surface area contributed by atoms with Crippen LogP contribution in [0.4, 0.5) is 0 Å². The molecular weight excluding hydrogens is 146 g/mol. The molecule has 0 aromatic heterocycles. The molecular formula is C11H15N. The van der Waals surface area contributed by atoms with Gasteiger partial charge in [-0.1, -0.05) is 30.4 Å². The predicted molar refractivity (Wildman–Crippen MR) is 53.8 cm³/mol. The van der Waals surface area contributed by atoms with Crippen LogP contribution in [-0.2, 0) is 0 Å². The first-order chi connectivity index (χ1) is 5.61. The van der Waals surface area contributed by atoms with Gasteiger partial charge in [-0.15, -0.1) is 0 Å². The third-order valence-corrected chi connectivity index (χ3v) is 1.91. The molecule has 1 aromatic rings. The van der Waals surface area contributed by atoms with Gasteiger partial charge in [-0.25, -0.2) is 0 Å². The summed E-state index contributed by atoms with van der Waals surface area (Å²) >= 11 is 0. The zero-order valence-electron chi connectivity index (χ0n) is 7.67. The van der Waals surface area contributed by atoms with E-state index in [0.717, 1.165) is 11.1 Å². The summed E-state index contributed by atoms with van der Waals surface area (Å²) in [6.07, 6.45) is 0. The van der Waals surface area contributed by atoms with Crippen molar-refractivity contribution in [2.45, 2.75) is 19.9 Å². The van der Waals surface area contributed by atoms with E-state index in [9.17, 15) is 0 Å². The second-order valence-electron chi connectivity index (χ2n) is 3.19. The molecule has 0 saturated heterocycles. The molecule has 0 spiro atoms. The van der Waals surface area contributed by atoms with Crippen LogP contribution in [0.15, 0.2) is 30.8 Å². The van der Waals surface area contributed by atoms with E-state index in [4.69, 9.17) is 5.73 Å². The van der Waals surface area contributed by atoms with E-state index < -0.39 is 0 Å². The van der Waals surface area contributed by atoms with Gasteiger partial charge in [-0.2, -0.15) is 0 Å². The third-order valence-electron chi connectivity index (χ3n) is 1.91. The summed E-state index contributed by atoms with van der Waals surface area (Å²) < 4.78 is 0. The van der Waals surface area contributed by atoms with Crippen LogP contribution < -0.4 is 5.73 Å². The number of rotatable bonds is 2. The van der Waals surface area contributed by atoms with Crippen molar-refractivity contribution in [1.29, 1.82) is 0 Å². The molecule has 1 aromatic carbocycles. The first-order valence-corrected chi connectivity index (χ1v) is 4.12. The normalized spacial score (nSPS) is 12.6. The highest BCUT2D eigenvalue weighted by atomic mass is 14.6. The van der Waals surface area contributed by atoms with Crippen LogP contribution in [0.2, 0.25) is 0 Å². The van der Waals surface area contributed by atoms with Gasteiger partial charge in [-0.3, -0.25) is 0 Å². The van der Waals surface area contributed by atoms with Gasteiger partial charge >= 0.3 is 0 Å².